The normalized spacial score (nSPS) is 11.3. The summed E-state index contributed by atoms with van der Waals surface area (Å²) in [5.74, 6) is -0.0845. The van der Waals surface area contributed by atoms with Crippen molar-refractivity contribution < 1.29 is 8.42 Å². The molecular formula is C12H13ClN4O2S. The molecule has 8 heteroatoms. The van der Waals surface area contributed by atoms with Crippen LogP contribution in [-0.4, -0.2) is 18.4 Å². The molecule has 0 atom stereocenters. The van der Waals surface area contributed by atoms with Crippen molar-refractivity contribution in [2.75, 3.05) is 10.5 Å². The molecule has 0 unspecified atom stereocenters. The highest BCUT2D eigenvalue weighted by Crippen LogP contribution is 2.26. The third kappa shape index (κ3) is 2.83. The average Bonchev–Trinajstić information content (AvgIpc) is 2.33. The van der Waals surface area contributed by atoms with Gasteiger partial charge in [-0.05, 0) is 37.1 Å². The molecule has 0 aliphatic carbocycles. The molecule has 3 N–H and O–H groups in total. The number of benzene rings is 1. The van der Waals surface area contributed by atoms with E-state index in [0.717, 1.165) is 0 Å². The Kier molecular flexibility index (Phi) is 3.82. The fraction of sp³-hybridized carbons (Fsp3) is 0.167. The third-order valence-corrected chi connectivity index (χ3v) is 4.59. The molecule has 0 bridgehead atoms. The van der Waals surface area contributed by atoms with Gasteiger partial charge in [-0.15, -0.1) is 0 Å². The van der Waals surface area contributed by atoms with E-state index in [0.29, 0.717) is 16.8 Å². The molecule has 0 fully saturated rings. The number of anilines is 2. The molecule has 2 aromatic rings. The number of halogens is 1. The highest BCUT2D eigenvalue weighted by molar-refractivity contribution is 7.92. The molecule has 0 saturated heterocycles. The van der Waals surface area contributed by atoms with Crippen LogP contribution < -0.4 is 10.5 Å². The highest BCUT2D eigenvalue weighted by atomic mass is 35.5. The van der Waals surface area contributed by atoms with E-state index >= 15 is 0 Å². The quantitative estimate of drug-likeness (QED) is 0.668. The van der Waals surface area contributed by atoms with Crippen molar-refractivity contribution in [3.05, 3.63) is 40.7 Å². The lowest BCUT2D eigenvalue weighted by Crippen LogP contribution is -2.18. The standard InChI is InChI=1S/C12H13ClN4O2S/c1-7-3-4-9(14)8(2)11(7)20(18,19)17-12-15-6-5-10(13)16-12/h3-6H,14H2,1-2H3,(H,15,16,17). The van der Waals surface area contributed by atoms with Crippen LogP contribution in [0.4, 0.5) is 11.6 Å². The first kappa shape index (κ1) is 14.5. The second kappa shape index (κ2) is 5.26. The minimum absolute atomic E-state index is 0.0845. The second-order valence-corrected chi connectivity index (χ2v) is 6.24. The van der Waals surface area contributed by atoms with Gasteiger partial charge in [0.25, 0.3) is 10.0 Å². The summed E-state index contributed by atoms with van der Waals surface area (Å²) < 4.78 is 27.1. The summed E-state index contributed by atoms with van der Waals surface area (Å²) in [6.45, 7) is 3.34. The highest BCUT2D eigenvalue weighted by Gasteiger charge is 2.22. The van der Waals surface area contributed by atoms with Gasteiger partial charge in [0, 0.05) is 11.9 Å². The Balaban J connectivity index is 2.49. The predicted molar refractivity (Wildman–Crippen MR) is 78.2 cm³/mol. The minimum atomic E-state index is -3.83. The molecule has 106 valence electrons. The van der Waals surface area contributed by atoms with Gasteiger partial charge in [-0.25, -0.2) is 23.1 Å². The maximum atomic E-state index is 12.4. The summed E-state index contributed by atoms with van der Waals surface area (Å²) in [5, 5.41) is 0.152. The van der Waals surface area contributed by atoms with E-state index in [1.54, 1.807) is 26.0 Å². The van der Waals surface area contributed by atoms with E-state index in [1.165, 1.54) is 12.3 Å². The van der Waals surface area contributed by atoms with Gasteiger partial charge >= 0.3 is 0 Å². The number of nitrogens with zero attached hydrogens (tertiary/aromatic N) is 2. The maximum absolute atomic E-state index is 12.4. The number of nitrogen functional groups attached to an aromatic ring is 1. The van der Waals surface area contributed by atoms with E-state index in [4.69, 9.17) is 17.3 Å². The SMILES string of the molecule is Cc1ccc(N)c(C)c1S(=O)(=O)Nc1nccc(Cl)n1. The largest absolute Gasteiger partial charge is 0.398 e. The van der Waals surface area contributed by atoms with Crippen LogP contribution in [0.5, 0.6) is 0 Å². The summed E-state index contributed by atoms with van der Waals surface area (Å²) in [6.07, 6.45) is 1.37. The summed E-state index contributed by atoms with van der Waals surface area (Å²) in [6, 6.07) is 4.77. The molecule has 1 aromatic carbocycles. The molecule has 0 radical (unpaired) electrons. The fourth-order valence-electron chi connectivity index (χ4n) is 1.81. The molecule has 1 aromatic heterocycles. The van der Waals surface area contributed by atoms with Gasteiger partial charge in [0.05, 0.1) is 4.90 Å². The van der Waals surface area contributed by atoms with Gasteiger partial charge in [-0.1, -0.05) is 17.7 Å². The Bertz CT molecular complexity index is 762. The molecule has 20 heavy (non-hydrogen) atoms. The molecule has 0 amide bonds. The molecule has 0 saturated carbocycles. The van der Waals surface area contributed by atoms with E-state index in [-0.39, 0.29) is 16.0 Å². The van der Waals surface area contributed by atoms with Gasteiger partial charge in [0.15, 0.2) is 0 Å². The first-order valence-electron chi connectivity index (χ1n) is 5.68. The van der Waals surface area contributed by atoms with Crippen molar-refractivity contribution >= 4 is 33.3 Å². The lowest BCUT2D eigenvalue weighted by Gasteiger charge is -2.13. The molecule has 6 nitrogen and oxygen atoms in total. The monoisotopic (exact) mass is 312 g/mol. The van der Waals surface area contributed by atoms with E-state index in [2.05, 4.69) is 14.7 Å². The number of aromatic nitrogens is 2. The molecular weight excluding hydrogens is 300 g/mol. The summed E-state index contributed by atoms with van der Waals surface area (Å²) >= 11 is 5.70. The Morgan fingerprint density at radius 3 is 2.60 bits per heavy atom. The van der Waals surface area contributed by atoms with Crippen molar-refractivity contribution in [2.45, 2.75) is 18.7 Å². The Morgan fingerprint density at radius 2 is 1.95 bits per heavy atom. The number of hydrogen-bond acceptors (Lipinski definition) is 5. The van der Waals surface area contributed by atoms with Gasteiger partial charge in [0.1, 0.15) is 5.15 Å². The third-order valence-electron chi connectivity index (χ3n) is 2.76. The van der Waals surface area contributed by atoms with Crippen molar-refractivity contribution in [1.29, 1.82) is 0 Å². The topological polar surface area (TPSA) is 98.0 Å². The Labute approximate surface area is 122 Å². The number of aryl methyl sites for hydroxylation is 1. The minimum Gasteiger partial charge on any atom is -0.398 e. The Hall–Kier alpha value is -1.86. The lowest BCUT2D eigenvalue weighted by molar-refractivity contribution is 0.599. The molecule has 1 heterocycles. The fourth-order valence-corrected chi connectivity index (χ4v) is 3.40. The molecule has 2 rings (SSSR count). The maximum Gasteiger partial charge on any atom is 0.264 e. The van der Waals surface area contributed by atoms with Gasteiger partial charge in [0.2, 0.25) is 5.95 Å². The Morgan fingerprint density at radius 1 is 1.25 bits per heavy atom. The van der Waals surface area contributed by atoms with Crippen molar-refractivity contribution in [3.63, 3.8) is 0 Å². The zero-order chi connectivity index (χ0) is 14.9. The first-order valence-corrected chi connectivity index (χ1v) is 7.54. The summed E-state index contributed by atoms with van der Waals surface area (Å²) in [5.41, 5.74) is 7.24. The average molecular weight is 313 g/mol. The van der Waals surface area contributed by atoms with E-state index in [1.807, 2.05) is 0 Å². The van der Waals surface area contributed by atoms with Crippen molar-refractivity contribution in [2.24, 2.45) is 0 Å². The van der Waals surface area contributed by atoms with Crippen LogP contribution in [0, 0.1) is 13.8 Å². The number of sulfonamides is 1. The predicted octanol–water partition coefficient (Wildman–Crippen LogP) is 2.13. The van der Waals surface area contributed by atoms with Crippen LogP contribution in [-0.2, 0) is 10.0 Å². The zero-order valence-corrected chi connectivity index (χ0v) is 12.5. The number of nitrogens with one attached hydrogen (secondary N) is 1. The number of hydrogen-bond donors (Lipinski definition) is 2. The van der Waals surface area contributed by atoms with Crippen LogP contribution in [0.15, 0.2) is 29.3 Å². The van der Waals surface area contributed by atoms with Crippen LogP contribution in [0.25, 0.3) is 0 Å². The number of nitrogens with two attached hydrogens (primary N) is 1. The molecule has 0 aliphatic rings. The van der Waals surface area contributed by atoms with E-state index in [9.17, 15) is 8.42 Å². The lowest BCUT2D eigenvalue weighted by atomic mass is 10.1. The van der Waals surface area contributed by atoms with Crippen LogP contribution in [0.1, 0.15) is 11.1 Å². The number of rotatable bonds is 3. The summed E-state index contributed by atoms with van der Waals surface area (Å²) in [4.78, 5) is 7.74. The van der Waals surface area contributed by atoms with Gasteiger partial charge in [-0.3, -0.25) is 0 Å². The van der Waals surface area contributed by atoms with Crippen LogP contribution in [0.3, 0.4) is 0 Å². The van der Waals surface area contributed by atoms with Crippen LogP contribution >= 0.6 is 11.6 Å². The smallest absolute Gasteiger partial charge is 0.264 e. The van der Waals surface area contributed by atoms with E-state index < -0.39 is 10.0 Å². The first-order chi connectivity index (χ1) is 9.31. The van der Waals surface area contributed by atoms with Crippen molar-refractivity contribution in [3.8, 4) is 0 Å². The van der Waals surface area contributed by atoms with Gasteiger partial charge < -0.3 is 5.73 Å². The second-order valence-electron chi connectivity index (χ2n) is 4.23. The molecule has 0 aliphatic heterocycles. The van der Waals surface area contributed by atoms with Crippen LogP contribution in [0.2, 0.25) is 5.15 Å². The summed E-state index contributed by atoms with van der Waals surface area (Å²) in [7, 11) is -3.83. The zero-order valence-electron chi connectivity index (χ0n) is 10.9. The van der Waals surface area contributed by atoms with Gasteiger partial charge in [-0.2, -0.15) is 0 Å². The molecule has 0 spiro atoms. The van der Waals surface area contributed by atoms with Crippen molar-refractivity contribution in [1.82, 2.24) is 9.97 Å².